The average Bonchev–Trinajstić information content (AvgIpc) is 2.59. The number of amides is 1. The molecule has 1 aromatic carbocycles. The second-order valence-electron chi connectivity index (χ2n) is 5.59. The Morgan fingerprint density at radius 3 is 2.48 bits per heavy atom. The lowest BCUT2D eigenvalue weighted by Gasteiger charge is -2.33. The van der Waals surface area contributed by atoms with E-state index in [0.29, 0.717) is 24.3 Å². The zero-order chi connectivity index (χ0) is 16.8. The van der Waals surface area contributed by atoms with Crippen molar-refractivity contribution < 1.29 is 24.2 Å². The van der Waals surface area contributed by atoms with Gasteiger partial charge in [-0.25, -0.2) is 4.79 Å². The van der Waals surface area contributed by atoms with Crippen molar-refractivity contribution in [3.05, 3.63) is 29.8 Å². The molecule has 0 spiro atoms. The third kappa shape index (κ3) is 4.31. The fourth-order valence-electron chi connectivity index (χ4n) is 2.77. The monoisotopic (exact) mass is 319 g/mol. The third-order valence-corrected chi connectivity index (χ3v) is 4.09. The summed E-state index contributed by atoms with van der Waals surface area (Å²) in [5.41, 5.74) is 0.520. The van der Waals surface area contributed by atoms with Crippen molar-refractivity contribution in [2.24, 2.45) is 0 Å². The summed E-state index contributed by atoms with van der Waals surface area (Å²) in [5, 5.41) is 9.19. The number of methoxy groups -OCH3 is 1. The van der Waals surface area contributed by atoms with E-state index in [9.17, 15) is 19.5 Å². The molecule has 1 N–H and O–H groups in total. The fraction of sp³-hybridized carbons (Fsp3) is 0.471. The molecule has 0 aromatic heterocycles. The Balaban J connectivity index is 1.92. The average molecular weight is 319 g/mol. The number of likely N-dealkylation sites (tertiary alicyclic amines) is 1. The molecular weight excluding hydrogens is 298 g/mol. The van der Waals surface area contributed by atoms with Crippen LogP contribution in [0.2, 0.25) is 0 Å². The molecule has 1 saturated heterocycles. The van der Waals surface area contributed by atoms with Gasteiger partial charge >= 0.3 is 5.97 Å². The number of rotatable bonds is 6. The van der Waals surface area contributed by atoms with Crippen LogP contribution in [0.5, 0.6) is 5.75 Å². The molecule has 1 fully saturated rings. The first-order valence-corrected chi connectivity index (χ1v) is 7.72. The number of benzene rings is 1. The number of Topliss-reactive ketones (excluding diaryl/α,β-unsaturated/α-hetero) is 1. The Kier molecular flexibility index (Phi) is 5.73. The first-order valence-electron chi connectivity index (χ1n) is 7.72. The SMILES string of the molecule is COc1ccc(C(=O)CCC(=O)N2CCCCC2C(=O)O)cc1. The normalized spacial score (nSPS) is 17.6. The molecular formula is C17H21NO5. The highest BCUT2D eigenvalue weighted by atomic mass is 16.5. The molecule has 124 valence electrons. The topological polar surface area (TPSA) is 83.9 Å². The molecule has 23 heavy (non-hydrogen) atoms. The molecule has 1 aliphatic heterocycles. The predicted octanol–water partition coefficient (Wildman–Crippen LogP) is 2.12. The molecule has 0 bridgehead atoms. The van der Waals surface area contributed by atoms with Gasteiger partial charge in [-0.2, -0.15) is 0 Å². The molecule has 0 radical (unpaired) electrons. The van der Waals surface area contributed by atoms with Gasteiger partial charge in [0.05, 0.1) is 7.11 Å². The smallest absolute Gasteiger partial charge is 0.326 e. The fourth-order valence-corrected chi connectivity index (χ4v) is 2.77. The second-order valence-corrected chi connectivity index (χ2v) is 5.59. The van der Waals surface area contributed by atoms with Crippen LogP contribution in [0.4, 0.5) is 0 Å². The molecule has 6 nitrogen and oxygen atoms in total. The lowest BCUT2D eigenvalue weighted by atomic mass is 10.0. The number of carbonyl (C=O) groups excluding carboxylic acids is 2. The van der Waals surface area contributed by atoms with Gasteiger partial charge in [0.2, 0.25) is 5.91 Å². The number of carbonyl (C=O) groups is 3. The molecule has 1 atom stereocenters. The van der Waals surface area contributed by atoms with Gasteiger partial charge in [-0.15, -0.1) is 0 Å². The van der Waals surface area contributed by atoms with Crippen molar-refractivity contribution in [3.8, 4) is 5.75 Å². The zero-order valence-electron chi connectivity index (χ0n) is 13.2. The van der Waals surface area contributed by atoms with E-state index in [1.54, 1.807) is 31.4 Å². The summed E-state index contributed by atoms with van der Waals surface area (Å²) in [5.74, 6) is -0.710. The van der Waals surface area contributed by atoms with Crippen LogP contribution < -0.4 is 4.74 Å². The van der Waals surface area contributed by atoms with Crippen LogP contribution in [-0.4, -0.2) is 47.4 Å². The Morgan fingerprint density at radius 2 is 1.87 bits per heavy atom. The number of hydrogen-bond donors (Lipinski definition) is 1. The van der Waals surface area contributed by atoms with E-state index in [1.807, 2.05) is 0 Å². The number of carboxylic acids is 1. The minimum Gasteiger partial charge on any atom is -0.497 e. The van der Waals surface area contributed by atoms with Crippen molar-refractivity contribution in [3.63, 3.8) is 0 Å². The van der Waals surface area contributed by atoms with E-state index in [4.69, 9.17) is 4.74 Å². The van der Waals surface area contributed by atoms with Crippen LogP contribution in [0.1, 0.15) is 42.5 Å². The summed E-state index contributed by atoms with van der Waals surface area (Å²) in [6, 6.07) is 5.95. The van der Waals surface area contributed by atoms with Gasteiger partial charge in [0, 0.05) is 24.9 Å². The van der Waals surface area contributed by atoms with Gasteiger partial charge in [-0.3, -0.25) is 9.59 Å². The van der Waals surface area contributed by atoms with E-state index < -0.39 is 12.0 Å². The molecule has 2 rings (SSSR count). The van der Waals surface area contributed by atoms with Crippen molar-refractivity contribution in [2.45, 2.75) is 38.1 Å². The number of ether oxygens (including phenoxy) is 1. The number of aliphatic carboxylic acids is 1. The third-order valence-electron chi connectivity index (χ3n) is 4.09. The van der Waals surface area contributed by atoms with E-state index in [2.05, 4.69) is 0 Å². The highest BCUT2D eigenvalue weighted by Gasteiger charge is 2.31. The summed E-state index contributed by atoms with van der Waals surface area (Å²) in [6.45, 7) is 0.451. The van der Waals surface area contributed by atoms with Crippen LogP contribution in [0.25, 0.3) is 0 Å². The van der Waals surface area contributed by atoms with Crippen molar-refractivity contribution in [2.75, 3.05) is 13.7 Å². The van der Waals surface area contributed by atoms with Crippen molar-refractivity contribution in [1.29, 1.82) is 0 Å². The summed E-state index contributed by atoms with van der Waals surface area (Å²) >= 11 is 0. The molecule has 6 heteroatoms. The first-order chi connectivity index (χ1) is 11.0. The highest BCUT2D eigenvalue weighted by Crippen LogP contribution is 2.19. The number of hydrogen-bond acceptors (Lipinski definition) is 4. The van der Waals surface area contributed by atoms with E-state index >= 15 is 0 Å². The van der Waals surface area contributed by atoms with Crippen LogP contribution in [0, 0.1) is 0 Å². The van der Waals surface area contributed by atoms with Gasteiger partial charge in [0.15, 0.2) is 5.78 Å². The molecule has 1 unspecified atom stereocenters. The predicted molar refractivity (Wildman–Crippen MR) is 83.5 cm³/mol. The number of piperidine rings is 1. The lowest BCUT2D eigenvalue weighted by molar-refractivity contribution is -0.152. The van der Waals surface area contributed by atoms with Gasteiger partial charge in [-0.1, -0.05) is 0 Å². The van der Waals surface area contributed by atoms with Gasteiger partial charge in [0.25, 0.3) is 0 Å². The highest BCUT2D eigenvalue weighted by molar-refractivity contribution is 5.98. The van der Waals surface area contributed by atoms with E-state index in [-0.39, 0.29) is 24.5 Å². The summed E-state index contributed by atoms with van der Waals surface area (Å²) in [4.78, 5) is 37.0. The quantitative estimate of drug-likeness (QED) is 0.812. The Bertz CT molecular complexity index is 581. The molecule has 1 heterocycles. The Morgan fingerprint density at radius 1 is 1.17 bits per heavy atom. The van der Waals surface area contributed by atoms with Gasteiger partial charge < -0.3 is 14.7 Å². The van der Waals surface area contributed by atoms with Crippen molar-refractivity contribution >= 4 is 17.7 Å². The summed E-state index contributed by atoms with van der Waals surface area (Å²) in [6.07, 6.45) is 2.21. The Labute approximate surface area is 135 Å². The maximum atomic E-state index is 12.2. The van der Waals surface area contributed by atoms with Gasteiger partial charge in [-0.05, 0) is 43.5 Å². The van der Waals surface area contributed by atoms with E-state index in [1.165, 1.54) is 4.90 Å². The maximum Gasteiger partial charge on any atom is 0.326 e. The molecule has 1 aliphatic rings. The van der Waals surface area contributed by atoms with Crippen molar-refractivity contribution in [1.82, 2.24) is 4.90 Å². The molecule has 1 aromatic rings. The number of nitrogens with zero attached hydrogens (tertiary/aromatic N) is 1. The summed E-state index contributed by atoms with van der Waals surface area (Å²) < 4.78 is 5.03. The summed E-state index contributed by atoms with van der Waals surface area (Å²) in [7, 11) is 1.55. The molecule has 1 amide bonds. The van der Waals surface area contributed by atoms with Gasteiger partial charge in [0.1, 0.15) is 11.8 Å². The zero-order valence-corrected chi connectivity index (χ0v) is 13.2. The van der Waals surface area contributed by atoms with Crippen LogP contribution >= 0.6 is 0 Å². The Hall–Kier alpha value is -2.37. The van der Waals surface area contributed by atoms with Crippen LogP contribution in [0.15, 0.2) is 24.3 Å². The molecule has 0 saturated carbocycles. The van der Waals surface area contributed by atoms with Crippen LogP contribution in [-0.2, 0) is 9.59 Å². The maximum absolute atomic E-state index is 12.2. The van der Waals surface area contributed by atoms with Crippen LogP contribution in [0.3, 0.4) is 0 Å². The standard InChI is InChI=1S/C17H21NO5/c1-23-13-7-5-12(6-8-13)15(19)9-10-16(20)18-11-3-2-4-14(18)17(21)22/h5-8,14H,2-4,9-11H2,1H3,(H,21,22). The molecule has 0 aliphatic carbocycles. The number of carboxylic acid groups (broad SMARTS) is 1. The second kappa shape index (κ2) is 7.76. The van der Waals surface area contributed by atoms with E-state index in [0.717, 1.165) is 12.8 Å². The number of ketones is 1. The minimum atomic E-state index is -0.973. The minimum absolute atomic E-state index is 0.0364. The first kappa shape index (κ1) is 17.0. The lowest BCUT2D eigenvalue weighted by Crippen LogP contribution is -2.48. The largest absolute Gasteiger partial charge is 0.497 e.